The number of hydrazone groups is 1. The van der Waals surface area contributed by atoms with Gasteiger partial charge in [-0.3, -0.25) is 4.79 Å². The van der Waals surface area contributed by atoms with Gasteiger partial charge in [0, 0.05) is 12.0 Å². The van der Waals surface area contributed by atoms with Gasteiger partial charge in [-0.2, -0.15) is 23.3 Å². The fourth-order valence-electron chi connectivity index (χ4n) is 3.24. The van der Waals surface area contributed by atoms with Crippen LogP contribution in [0.4, 0.5) is 13.2 Å². The summed E-state index contributed by atoms with van der Waals surface area (Å²) in [4.78, 5) is 12.7. The molecular formula is C21H21F3N2O3. The number of carbonyl (C=O) groups excluding carboxylic acids is 1. The Kier molecular flexibility index (Phi) is 5.93. The first-order valence-corrected chi connectivity index (χ1v) is 9.12. The van der Waals surface area contributed by atoms with Crippen LogP contribution in [-0.2, 0) is 16.9 Å². The van der Waals surface area contributed by atoms with E-state index in [1.807, 2.05) is 30.3 Å². The second-order valence-corrected chi connectivity index (χ2v) is 6.81. The summed E-state index contributed by atoms with van der Waals surface area (Å²) in [5, 5.41) is 15.1. The number of halogens is 3. The topological polar surface area (TPSA) is 62.1 Å². The zero-order valence-electron chi connectivity index (χ0n) is 15.8. The molecule has 0 saturated heterocycles. The van der Waals surface area contributed by atoms with Crippen LogP contribution in [0.2, 0.25) is 0 Å². The maximum Gasteiger partial charge on any atom is 0.431 e. The predicted octanol–water partition coefficient (Wildman–Crippen LogP) is 4.01. The van der Waals surface area contributed by atoms with Crippen molar-refractivity contribution in [3.05, 3.63) is 65.7 Å². The molecule has 1 atom stereocenters. The molecule has 1 aliphatic heterocycles. The minimum atomic E-state index is -4.74. The SMILES string of the molecule is COc1ccc(C2(O)CC(C(F)(F)F)=NN2C(=O)CCCc2ccccc2)cc1. The van der Waals surface area contributed by atoms with Gasteiger partial charge in [-0.15, -0.1) is 0 Å². The zero-order valence-corrected chi connectivity index (χ0v) is 15.8. The first-order chi connectivity index (χ1) is 13.7. The largest absolute Gasteiger partial charge is 0.497 e. The van der Waals surface area contributed by atoms with Crippen LogP contribution in [0.3, 0.4) is 0 Å². The molecule has 0 aromatic heterocycles. The van der Waals surface area contributed by atoms with Crippen molar-refractivity contribution in [1.29, 1.82) is 0 Å². The number of nitrogens with zero attached hydrogens (tertiary/aromatic N) is 2. The number of amides is 1. The maximum absolute atomic E-state index is 13.2. The Bertz CT molecular complexity index is 882. The van der Waals surface area contributed by atoms with Gasteiger partial charge in [0.2, 0.25) is 5.91 Å². The number of hydrogen-bond acceptors (Lipinski definition) is 4. The van der Waals surface area contributed by atoms with E-state index in [4.69, 9.17) is 4.74 Å². The van der Waals surface area contributed by atoms with Crippen LogP contribution in [0.25, 0.3) is 0 Å². The molecule has 1 amide bonds. The molecule has 2 aromatic rings. The van der Waals surface area contributed by atoms with Crippen molar-refractivity contribution in [3.8, 4) is 5.75 Å². The molecular weight excluding hydrogens is 385 g/mol. The van der Waals surface area contributed by atoms with Gasteiger partial charge in [0.1, 0.15) is 11.5 Å². The van der Waals surface area contributed by atoms with Crippen molar-refractivity contribution in [2.75, 3.05) is 7.11 Å². The fraction of sp³-hybridized carbons (Fsp3) is 0.333. The molecule has 1 aliphatic rings. The number of aliphatic hydroxyl groups is 1. The second-order valence-electron chi connectivity index (χ2n) is 6.81. The van der Waals surface area contributed by atoms with E-state index in [1.54, 1.807) is 0 Å². The lowest BCUT2D eigenvalue weighted by molar-refractivity contribution is -0.158. The van der Waals surface area contributed by atoms with Gasteiger partial charge in [-0.05, 0) is 30.5 Å². The van der Waals surface area contributed by atoms with Gasteiger partial charge in [0.05, 0.1) is 13.5 Å². The summed E-state index contributed by atoms with van der Waals surface area (Å²) in [6, 6.07) is 15.3. The van der Waals surface area contributed by atoms with Crippen LogP contribution >= 0.6 is 0 Å². The summed E-state index contributed by atoms with van der Waals surface area (Å²) in [6.45, 7) is 0. The summed E-state index contributed by atoms with van der Waals surface area (Å²) >= 11 is 0. The lowest BCUT2D eigenvalue weighted by atomic mass is 9.96. The van der Waals surface area contributed by atoms with Gasteiger partial charge in [0.25, 0.3) is 0 Å². The van der Waals surface area contributed by atoms with Crippen LogP contribution in [0.15, 0.2) is 59.7 Å². The number of benzene rings is 2. The summed E-state index contributed by atoms with van der Waals surface area (Å²) in [5.41, 5.74) is -2.22. The van der Waals surface area contributed by atoms with E-state index in [0.717, 1.165) is 5.56 Å². The van der Waals surface area contributed by atoms with Gasteiger partial charge in [-0.1, -0.05) is 42.5 Å². The molecule has 0 radical (unpaired) electrons. The number of carbonyl (C=O) groups is 1. The highest BCUT2D eigenvalue weighted by molar-refractivity contribution is 5.94. The maximum atomic E-state index is 13.2. The van der Waals surface area contributed by atoms with E-state index in [9.17, 15) is 23.1 Å². The number of ether oxygens (including phenoxy) is 1. The highest BCUT2D eigenvalue weighted by atomic mass is 19.4. The monoisotopic (exact) mass is 406 g/mol. The highest BCUT2D eigenvalue weighted by Crippen LogP contribution is 2.40. The number of hydrogen-bond donors (Lipinski definition) is 1. The Hall–Kier alpha value is -2.87. The Morgan fingerprint density at radius 1 is 1.17 bits per heavy atom. The summed E-state index contributed by atoms with van der Waals surface area (Å²) in [6.07, 6.45) is -4.58. The lowest BCUT2D eigenvalue weighted by Crippen LogP contribution is -2.43. The molecule has 1 unspecified atom stereocenters. The fourth-order valence-corrected chi connectivity index (χ4v) is 3.24. The van der Waals surface area contributed by atoms with Crippen LogP contribution < -0.4 is 4.74 Å². The van der Waals surface area contributed by atoms with Crippen molar-refractivity contribution >= 4 is 11.6 Å². The molecule has 8 heteroatoms. The molecule has 29 heavy (non-hydrogen) atoms. The van der Waals surface area contributed by atoms with E-state index in [1.165, 1.54) is 31.4 Å². The first kappa shape index (κ1) is 20.9. The highest BCUT2D eigenvalue weighted by Gasteiger charge is 2.52. The van der Waals surface area contributed by atoms with Gasteiger partial charge in [-0.25, -0.2) is 0 Å². The molecule has 0 saturated carbocycles. The quantitative estimate of drug-likeness (QED) is 0.789. The molecule has 154 valence electrons. The standard InChI is InChI=1S/C21H21F3N2O3/c1-29-17-12-10-16(11-13-17)20(28)14-18(21(22,23)24)25-26(20)19(27)9-5-8-15-6-3-2-4-7-15/h2-4,6-7,10-13,28H,5,8-9,14H2,1H3. The van der Waals surface area contributed by atoms with E-state index in [2.05, 4.69) is 5.10 Å². The van der Waals surface area contributed by atoms with Crippen LogP contribution in [0.5, 0.6) is 5.75 Å². The molecule has 2 aromatic carbocycles. The smallest absolute Gasteiger partial charge is 0.431 e. The van der Waals surface area contributed by atoms with Crippen molar-refractivity contribution in [1.82, 2.24) is 5.01 Å². The number of methoxy groups -OCH3 is 1. The minimum Gasteiger partial charge on any atom is -0.497 e. The average molecular weight is 406 g/mol. The second kappa shape index (κ2) is 8.24. The Balaban J connectivity index is 1.80. The van der Waals surface area contributed by atoms with E-state index >= 15 is 0 Å². The van der Waals surface area contributed by atoms with Gasteiger partial charge >= 0.3 is 6.18 Å². The van der Waals surface area contributed by atoms with Crippen LogP contribution in [0, 0.1) is 0 Å². The van der Waals surface area contributed by atoms with Crippen molar-refractivity contribution in [2.45, 2.75) is 37.6 Å². The van der Waals surface area contributed by atoms with Crippen molar-refractivity contribution in [2.24, 2.45) is 5.10 Å². The van der Waals surface area contributed by atoms with E-state index in [0.29, 0.717) is 23.6 Å². The molecule has 3 rings (SSSR count). The Morgan fingerprint density at radius 2 is 1.83 bits per heavy atom. The minimum absolute atomic E-state index is 0.0397. The van der Waals surface area contributed by atoms with E-state index in [-0.39, 0.29) is 12.0 Å². The average Bonchev–Trinajstić information content (AvgIpc) is 3.08. The predicted molar refractivity (Wildman–Crippen MR) is 101 cm³/mol. The molecule has 1 N–H and O–H groups in total. The third-order valence-electron chi connectivity index (χ3n) is 4.80. The molecule has 0 bridgehead atoms. The lowest BCUT2D eigenvalue weighted by Gasteiger charge is -2.31. The van der Waals surface area contributed by atoms with Crippen LogP contribution in [0.1, 0.15) is 30.4 Å². The molecule has 0 spiro atoms. The summed E-state index contributed by atoms with van der Waals surface area (Å²) in [5.74, 6) is -0.188. The molecule has 0 fully saturated rings. The molecule has 5 nitrogen and oxygen atoms in total. The Labute approximate surface area is 166 Å². The summed E-state index contributed by atoms with van der Waals surface area (Å²) < 4.78 is 44.8. The zero-order chi connectivity index (χ0) is 21.1. The number of rotatable bonds is 6. The third-order valence-corrected chi connectivity index (χ3v) is 4.80. The number of alkyl halides is 3. The van der Waals surface area contributed by atoms with Crippen molar-refractivity contribution < 1.29 is 27.8 Å². The van der Waals surface area contributed by atoms with Gasteiger partial charge < -0.3 is 9.84 Å². The van der Waals surface area contributed by atoms with Crippen LogP contribution in [-0.4, -0.2) is 35.0 Å². The van der Waals surface area contributed by atoms with Gasteiger partial charge in [0.15, 0.2) is 5.72 Å². The Morgan fingerprint density at radius 3 is 2.41 bits per heavy atom. The third kappa shape index (κ3) is 4.59. The van der Waals surface area contributed by atoms with Crippen molar-refractivity contribution in [3.63, 3.8) is 0 Å². The molecule has 1 heterocycles. The molecule has 0 aliphatic carbocycles. The van der Waals surface area contributed by atoms with E-state index < -0.39 is 29.9 Å². The number of aryl methyl sites for hydroxylation is 1. The summed E-state index contributed by atoms with van der Waals surface area (Å²) in [7, 11) is 1.45. The normalized spacial score (nSPS) is 19.2. The first-order valence-electron chi connectivity index (χ1n) is 9.12.